The molecule has 0 spiro atoms. The molecule has 1 N–H and O–H groups in total. The largest absolute Gasteiger partial charge is 0.473 e. The number of halogens is 5. The van der Waals surface area contributed by atoms with Crippen molar-refractivity contribution in [1.29, 1.82) is 0 Å². The summed E-state index contributed by atoms with van der Waals surface area (Å²) in [4.78, 5) is 26.0. The molecule has 3 aliphatic heterocycles. The van der Waals surface area contributed by atoms with Gasteiger partial charge < -0.3 is 19.7 Å². The molecule has 0 radical (unpaired) electrons. The molecule has 2 aromatic heterocycles. The highest BCUT2D eigenvalue weighted by Gasteiger charge is 2.46. The molecule has 39 heavy (non-hydrogen) atoms. The number of pyridine rings is 1. The number of aromatic nitrogens is 3. The summed E-state index contributed by atoms with van der Waals surface area (Å²) in [5, 5.41) is 13.7. The molecule has 4 atom stereocenters. The van der Waals surface area contributed by atoms with Crippen molar-refractivity contribution in [1.82, 2.24) is 19.9 Å². The Balaban J connectivity index is 1.18. The normalized spacial score (nSPS) is 25.2. The van der Waals surface area contributed by atoms with E-state index in [-0.39, 0.29) is 61.2 Å². The summed E-state index contributed by atoms with van der Waals surface area (Å²) >= 11 is 5.62. The van der Waals surface area contributed by atoms with Gasteiger partial charge in [-0.05, 0) is 36.9 Å². The van der Waals surface area contributed by atoms with E-state index in [4.69, 9.17) is 21.1 Å². The average molecular weight is 576 g/mol. The average Bonchev–Trinajstić information content (AvgIpc) is 3.51. The molecule has 0 unspecified atom stereocenters. The fourth-order valence-corrected chi connectivity index (χ4v) is 5.44. The highest BCUT2D eigenvalue weighted by Crippen LogP contribution is 2.36. The molecule has 0 amide bonds. The standard InChI is InChI=1S/C23H26ClF4N7O4/c24-22-30-9-15(23(26,27)28)20(32-22)29-5-1-7-38-21-18(35(36)37)2-3-19(31-21)33-6-4-17(16(25)11-33)34-10-14-8-13(34)12-39-14/h2-3,9,13-14,16-17H,1,4-8,10-12H2,(H,29,30,32)/t13-,14-,16+,17-/m0/s1. The van der Waals surface area contributed by atoms with E-state index in [9.17, 15) is 23.3 Å². The number of ether oxygens (including phenoxy) is 2. The lowest BCUT2D eigenvalue weighted by Crippen LogP contribution is -2.55. The predicted molar refractivity (Wildman–Crippen MR) is 132 cm³/mol. The van der Waals surface area contributed by atoms with Crippen LogP contribution < -0.4 is 15.0 Å². The Bertz CT molecular complexity index is 1210. The van der Waals surface area contributed by atoms with Crippen LogP contribution >= 0.6 is 11.6 Å². The fraction of sp³-hybridized carbons (Fsp3) is 0.609. The summed E-state index contributed by atoms with van der Waals surface area (Å²) in [7, 11) is 0. The van der Waals surface area contributed by atoms with Gasteiger partial charge in [0.2, 0.25) is 5.28 Å². The van der Waals surface area contributed by atoms with Gasteiger partial charge in [0.05, 0.1) is 30.8 Å². The second kappa shape index (κ2) is 11.2. The van der Waals surface area contributed by atoms with Crippen molar-refractivity contribution < 1.29 is 32.0 Å². The van der Waals surface area contributed by atoms with Crippen LogP contribution in [0.4, 0.5) is 34.9 Å². The second-order valence-corrected chi connectivity index (χ2v) is 9.98. The van der Waals surface area contributed by atoms with Gasteiger partial charge in [0.1, 0.15) is 23.4 Å². The first-order valence-corrected chi connectivity index (χ1v) is 12.9. The number of nitrogens with one attached hydrogen (secondary N) is 1. The minimum absolute atomic E-state index is 0.00431. The third kappa shape index (κ3) is 6.09. The summed E-state index contributed by atoms with van der Waals surface area (Å²) in [6.07, 6.45) is -3.35. The third-order valence-electron chi connectivity index (χ3n) is 7.14. The summed E-state index contributed by atoms with van der Waals surface area (Å²) in [6.45, 7) is 1.91. The Morgan fingerprint density at radius 3 is 2.77 bits per heavy atom. The molecule has 16 heteroatoms. The molecular formula is C23H26ClF4N7O4. The van der Waals surface area contributed by atoms with E-state index < -0.39 is 28.7 Å². The predicted octanol–water partition coefficient (Wildman–Crippen LogP) is 3.72. The lowest BCUT2D eigenvalue weighted by atomic mass is 10.00. The van der Waals surface area contributed by atoms with Crippen LogP contribution in [0.1, 0.15) is 24.8 Å². The number of hydrogen-bond acceptors (Lipinski definition) is 10. The van der Waals surface area contributed by atoms with E-state index in [0.29, 0.717) is 31.6 Å². The van der Waals surface area contributed by atoms with E-state index in [1.165, 1.54) is 12.1 Å². The van der Waals surface area contributed by atoms with Crippen LogP contribution in [0.15, 0.2) is 18.3 Å². The van der Waals surface area contributed by atoms with Crippen molar-refractivity contribution >= 4 is 28.9 Å². The minimum Gasteiger partial charge on any atom is -0.473 e. The van der Waals surface area contributed by atoms with Crippen molar-refractivity contribution in [3.63, 3.8) is 0 Å². The molecule has 2 bridgehead atoms. The first kappa shape index (κ1) is 27.5. The molecule has 212 valence electrons. The van der Waals surface area contributed by atoms with Crippen molar-refractivity contribution in [3.8, 4) is 5.88 Å². The quantitative estimate of drug-likeness (QED) is 0.156. The van der Waals surface area contributed by atoms with Crippen LogP contribution in [0.25, 0.3) is 0 Å². The van der Waals surface area contributed by atoms with E-state index in [2.05, 4.69) is 25.2 Å². The number of likely N-dealkylation sites (tertiary alicyclic amines) is 1. The van der Waals surface area contributed by atoms with Crippen LogP contribution in [-0.2, 0) is 10.9 Å². The number of hydrogen-bond donors (Lipinski definition) is 1. The number of fused-ring (bicyclic) bond motifs is 2. The second-order valence-electron chi connectivity index (χ2n) is 9.64. The summed E-state index contributed by atoms with van der Waals surface area (Å²) in [5.74, 6) is -0.372. The summed E-state index contributed by atoms with van der Waals surface area (Å²) in [6, 6.07) is 2.76. The molecule has 0 aliphatic carbocycles. The number of morpholine rings is 1. The van der Waals surface area contributed by atoms with Gasteiger partial charge in [-0.2, -0.15) is 18.2 Å². The molecule has 3 aliphatic rings. The van der Waals surface area contributed by atoms with Gasteiger partial charge in [0, 0.05) is 44.0 Å². The summed E-state index contributed by atoms with van der Waals surface area (Å²) < 4.78 is 65.9. The maximum atomic E-state index is 15.2. The maximum Gasteiger partial charge on any atom is 0.421 e. The smallest absolute Gasteiger partial charge is 0.421 e. The van der Waals surface area contributed by atoms with Crippen LogP contribution in [0.5, 0.6) is 5.88 Å². The van der Waals surface area contributed by atoms with Gasteiger partial charge in [0.15, 0.2) is 0 Å². The van der Waals surface area contributed by atoms with Crippen molar-refractivity contribution in [2.45, 2.75) is 49.8 Å². The fourth-order valence-electron chi connectivity index (χ4n) is 5.30. The SMILES string of the molecule is O=[N+]([O-])c1ccc(N2CC[C@H](N3C[C@@H]4C[C@H]3CO4)[C@H](F)C2)nc1OCCCNc1nc(Cl)ncc1C(F)(F)F. The lowest BCUT2D eigenvalue weighted by molar-refractivity contribution is -0.386. The van der Waals surface area contributed by atoms with Crippen LogP contribution in [0, 0.1) is 10.1 Å². The Kier molecular flexibility index (Phi) is 7.91. The zero-order chi connectivity index (χ0) is 27.7. The van der Waals surface area contributed by atoms with Crippen molar-refractivity contribution in [3.05, 3.63) is 39.3 Å². The van der Waals surface area contributed by atoms with Crippen LogP contribution in [0.2, 0.25) is 5.28 Å². The zero-order valence-electron chi connectivity index (χ0n) is 20.6. The van der Waals surface area contributed by atoms with Gasteiger partial charge in [-0.25, -0.2) is 14.4 Å². The molecular weight excluding hydrogens is 550 g/mol. The number of nitro groups is 1. The first-order chi connectivity index (χ1) is 18.6. The first-order valence-electron chi connectivity index (χ1n) is 12.5. The topological polar surface area (TPSA) is 119 Å². The van der Waals surface area contributed by atoms with E-state index >= 15 is 4.39 Å². The molecule has 3 fully saturated rings. The van der Waals surface area contributed by atoms with Crippen LogP contribution in [0.3, 0.4) is 0 Å². The highest BCUT2D eigenvalue weighted by atomic mass is 35.5. The Morgan fingerprint density at radius 1 is 1.28 bits per heavy atom. The van der Waals surface area contributed by atoms with Gasteiger partial charge in [-0.15, -0.1) is 0 Å². The zero-order valence-corrected chi connectivity index (χ0v) is 21.4. The van der Waals surface area contributed by atoms with Crippen molar-refractivity contribution in [2.24, 2.45) is 0 Å². The van der Waals surface area contributed by atoms with Gasteiger partial charge in [-0.3, -0.25) is 15.0 Å². The van der Waals surface area contributed by atoms with E-state index in [1.807, 2.05) is 0 Å². The molecule has 5 heterocycles. The lowest BCUT2D eigenvalue weighted by Gasteiger charge is -2.42. The number of alkyl halides is 4. The number of anilines is 2. The molecule has 2 aromatic rings. The van der Waals surface area contributed by atoms with E-state index in [1.54, 1.807) is 4.90 Å². The van der Waals surface area contributed by atoms with Gasteiger partial charge >= 0.3 is 11.9 Å². The van der Waals surface area contributed by atoms with Gasteiger partial charge in [-0.1, -0.05) is 0 Å². The van der Waals surface area contributed by atoms with Crippen LogP contribution in [-0.4, -0.2) is 88.5 Å². The monoisotopic (exact) mass is 575 g/mol. The molecule has 5 rings (SSSR count). The Labute approximate surface area is 225 Å². The molecule has 11 nitrogen and oxygen atoms in total. The molecule has 0 aromatic carbocycles. The third-order valence-corrected chi connectivity index (χ3v) is 7.32. The Morgan fingerprint density at radius 2 is 2.10 bits per heavy atom. The molecule has 0 saturated carbocycles. The summed E-state index contributed by atoms with van der Waals surface area (Å²) in [5.41, 5.74) is -1.44. The molecule has 3 saturated heterocycles. The van der Waals surface area contributed by atoms with Gasteiger partial charge in [0.25, 0.3) is 5.88 Å². The number of nitrogens with zero attached hydrogens (tertiary/aromatic N) is 6. The highest BCUT2D eigenvalue weighted by molar-refractivity contribution is 6.28. The Hall–Kier alpha value is -3.04. The number of rotatable bonds is 9. The van der Waals surface area contributed by atoms with Crippen molar-refractivity contribution in [2.75, 3.05) is 49.6 Å². The minimum atomic E-state index is -4.68. The maximum absolute atomic E-state index is 15.2. The number of piperidine rings is 1. The van der Waals surface area contributed by atoms with E-state index in [0.717, 1.165) is 13.0 Å².